The molecule has 0 atom stereocenters. The summed E-state index contributed by atoms with van der Waals surface area (Å²) in [6.07, 6.45) is 0. The molecule has 1 aromatic carbocycles. The predicted octanol–water partition coefficient (Wildman–Crippen LogP) is 1.80. The molecule has 0 amide bonds. The van der Waals surface area contributed by atoms with Crippen molar-refractivity contribution < 1.29 is 17.7 Å². The van der Waals surface area contributed by atoms with E-state index in [1.807, 2.05) is 0 Å². The van der Waals surface area contributed by atoms with Gasteiger partial charge < -0.3 is 5.32 Å². The number of sulfonamides is 1. The Bertz CT molecular complexity index is 621. The van der Waals surface area contributed by atoms with Gasteiger partial charge in [-0.1, -0.05) is 0 Å². The molecule has 0 saturated heterocycles. The molecule has 0 aliphatic rings. The van der Waals surface area contributed by atoms with Crippen molar-refractivity contribution in [3.8, 4) is 0 Å². The minimum atomic E-state index is -3.40. The highest BCUT2D eigenvalue weighted by Gasteiger charge is 2.19. The Morgan fingerprint density at radius 1 is 1.45 bits per heavy atom. The SMILES string of the molecule is CN(C)S(=O)(=O)CCNc1cc(Br)c(F)cc1[N+](=O)[O-]. The van der Waals surface area contributed by atoms with Gasteiger partial charge in [-0.25, -0.2) is 17.1 Å². The lowest BCUT2D eigenvalue weighted by Crippen LogP contribution is -2.28. The Labute approximate surface area is 124 Å². The summed E-state index contributed by atoms with van der Waals surface area (Å²) in [6.45, 7) is -0.0283. The van der Waals surface area contributed by atoms with Crippen LogP contribution in [0.3, 0.4) is 0 Å². The molecule has 20 heavy (non-hydrogen) atoms. The van der Waals surface area contributed by atoms with Gasteiger partial charge in [0.15, 0.2) is 0 Å². The van der Waals surface area contributed by atoms with Crippen LogP contribution in [-0.4, -0.2) is 44.0 Å². The zero-order valence-corrected chi connectivity index (χ0v) is 13.2. The Kier molecular flexibility index (Phi) is 5.42. The van der Waals surface area contributed by atoms with Gasteiger partial charge in [0.25, 0.3) is 5.69 Å². The molecule has 10 heteroatoms. The van der Waals surface area contributed by atoms with Crippen LogP contribution in [0.2, 0.25) is 0 Å². The van der Waals surface area contributed by atoms with Crippen molar-refractivity contribution in [2.24, 2.45) is 0 Å². The maximum atomic E-state index is 13.3. The predicted molar refractivity (Wildman–Crippen MR) is 76.7 cm³/mol. The Balaban J connectivity index is 2.88. The third kappa shape index (κ3) is 4.12. The van der Waals surface area contributed by atoms with Crippen molar-refractivity contribution in [3.05, 3.63) is 32.5 Å². The van der Waals surface area contributed by atoms with Crippen LogP contribution in [0.25, 0.3) is 0 Å². The number of benzene rings is 1. The molecule has 0 heterocycles. The van der Waals surface area contributed by atoms with Gasteiger partial charge in [-0.15, -0.1) is 0 Å². The molecule has 0 spiro atoms. The third-order valence-electron chi connectivity index (χ3n) is 2.47. The quantitative estimate of drug-likeness (QED) is 0.609. The maximum absolute atomic E-state index is 13.3. The molecule has 112 valence electrons. The van der Waals surface area contributed by atoms with E-state index in [-0.39, 0.29) is 22.5 Å². The van der Waals surface area contributed by atoms with Gasteiger partial charge in [-0.2, -0.15) is 0 Å². The summed E-state index contributed by atoms with van der Waals surface area (Å²) in [5.74, 6) is -0.991. The van der Waals surface area contributed by atoms with Crippen LogP contribution < -0.4 is 5.32 Å². The largest absolute Gasteiger partial charge is 0.378 e. The smallest absolute Gasteiger partial charge is 0.295 e. The van der Waals surface area contributed by atoms with Crippen LogP contribution in [0.15, 0.2) is 16.6 Å². The van der Waals surface area contributed by atoms with E-state index in [4.69, 9.17) is 0 Å². The molecule has 1 N–H and O–H groups in total. The van der Waals surface area contributed by atoms with E-state index in [9.17, 15) is 22.9 Å². The highest BCUT2D eigenvalue weighted by molar-refractivity contribution is 9.10. The molecule has 0 aliphatic heterocycles. The van der Waals surface area contributed by atoms with E-state index < -0.39 is 26.5 Å². The van der Waals surface area contributed by atoms with Crippen LogP contribution >= 0.6 is 15.9 Å². The number of rotatable bonds is 6. The fraction of sp³-hybridized carbons (Fsp3) is 0.400. The normalized spacial score (nSPS) is 11.7. The van der Waals surface area contributed by atoms with Crippen LogP contribution in [0.5, 0.6) is 0 Å². The van der Waals surface area contributed by atoms with Gasteiger partial charge in [-0.05, 0) is 22.0 Å². The molecule has 0 aromatic heterocycles. The second-order valence-corrected chi connectivity index (χ2v) is 7.22. The zero-order chi connectivity index (χ0) is 15.5. The first kappa shape index (κ1) is 16.8. The lowest BCUT2D eigenvalue weighted by atomic mass is 10.2. The Morgan fingerprint density at radius 2 is 2.05 bits per heavy atom. The van der Waals surface area contributed by atoms with E-state index in [1.54, 1.807) is 0 Å². The summed E-state index contributed by atoms with van der Waals surface area (Å²) in [5.41, 5.74) is -0.398. The fourth-order valence-corrected chi connectivity index (χ4v) is 2.39. The topological polar surface area (TPSA) is 92.6 Å². The van der Waals surface area contributed by atoms with Crippen LogP contribution in [-0.2, 0) is 10.0 Å². The van der Waals surface area contributed by atoms with E-state index in [0.29, 0.717) is 0 Å². The molecular weight excluding hydrogens is 357 g/mol. The van der Waals surface area contributed by atoms with Crippen LogP contribution in [0.1, 0.15) is 0 Å². The summed E-state index contributed by atoms with van der Waals surface area (Å²) < 4.78 is 37.5. The summed E-state index contributed by atoms with van der Waals surface area (Å²) in [7, 11) is -0.614. The number of nitrogens with zero attached hydrogens (tertiary/aromatic N) is 2. The fourth-order valence-electron chi connectivity index (χ4n) is 1.33. The van der Waals surface area contributed by atoms with Gasteiger partial charge >= 0.3 is 0 Å². The van der Waals surface area contributed by atoms with Crippen molar-refractivity contribution >= 4 is 37.3 Å². The number of halogens is 2. The maximum Gasteiger partial charge on any atom is 0.295 e. The number of hydrogen-bond donors (Lipinski definition) is 1. The zero-order valence-electron chi connectivity index (χ0n) is 10.8. The van der Waals surface area contributed by atoms with Crippen molar-refractivity contribution in [1.82, 2.24) is 4.31 Å². The van der Waals surface area contributed by atoms with Gasteiger partial charge in [0.2, 0.25) is 10.0 Å². The van der Waals surface area contributed by atoms with Crippen molar-refractivity contribution in [1.29, 1.82) is 0 Å². The molecule has 0 fully saturated rings. The van der Waals surface area contributed by atoms with E-state index >= 15 is 0 Å². The molecular formula is C10H13BrFN3O4S. The summed E-state index contributed by atoms with van der Waals surface area (Å²) in [5, 5.41) is 13.4. The average molecular weight is 370 g/mol. The summed E-state index contributed by atoms with van der Waals surface area (Å²) in [6, 6.07) is 1.97. The van der Waals surface area contributed by atoms with E-state index in [0.717, 1.165) is 10.4 Å². The van der Waals surface area contributed by atoms with E-state index in [2.05, 4.69) is 21.2 Å². The lowest BCUT2D eigenvalue weighted by Gasteiger charge is -2.12. The number of nitrogens with one attached hydrogen (secondary N) is 1. The lowest BCUT2D eigenvalue weighted by molar-refractivity contribution is -0.384. The number of nitro benzene ring substituents is 1. The van der Waals surface area contributed by atoms with Gasteiger partial charge in [0.1, 0.15) is 11.5 Å². The molecule has 1 aromatic rings. The minimum Gasteiger partial charge on any atom is -0.378 e. The standard InChI is InChI=1S/C10H13BrFN3O4S/c1-14(2)20(18,19)4-3-13-9-5-7(11)8(12)6-10(9)15(16)17/h5-6,13H,3-4H2,1-2H3. The van der Waals surface area contributed by atoms with Crippen molar-refractivity contribution in [2.75, 3.05) is 31.7 Å². The van der Waals surface area contributed by atoms with Gasteiger partial charge in [-0.3, -0.25) is 10.1 Å². The molecule has 0 unspecified atom stereocenters. The Morgan fingerprint density at radius 3 is 2.55 bits per heavy atom. The highest BCUT2D eigenvalue weighted by Crippen LogP contribution is 2.30. The Hall–Kier alpha value is -1.26. The van der Waals surface area contributed by atoms with E-state index in [1.165, 1.54) is 20.2 Å². The number of nitro groups is 1. The second kappa shape index (κ2) is 6.46. The molecule has 0 saturated carbocycles. The molecule has 0 aliphatic carbocycles. The summed E-state index contributed by atoms with van der Waals surface area (Å²) in [4.78, 5) is 10.1. The van der Waals surface area contributed by atoms with Crippen molar-refractivity contribution in [3.63, 3.8) is 0 Å². The average Bonchev–Trinajstić information content (AvgIpc) is 2.32. The van der Waals surface area contributed by atoms with Crippen LogP contribution in [0.4, 0.5) is 15.8 Å². The number of hydrogen-bond acceptors (Lipinski definition) is 5. The van der Waals surface area contributed by atoms with Gasteiger partial charge in [0, 0.05) is 20.6 Å². The molecule has 0 bridgehead atoms. The van der Waals surface area contributed by atoms with Gasteiger partial charge in [0.05, 0.1) is 21.2 Å². The molecule has 0 radical (unpaired) electrons. The summed E-state index contributed by atoms with van der Waals surface area (Å²) >= 11 is 2.92. The second-order valence-electron chi connectivity index (χ2n) is 4.07. The van der Waals surface area contributed by atoms with Crippen molar-refractivity contribution in [2.45, 2.75) is 0 Å². The first-order valence-electron chi connectivity index (χ1n) is 5.42. The third-order valence-corrected chi connectivity index (χ3v) is 4.91. The highest BCUT2D eigenvalue weighted by atomic mass is 79.9. The molecule has 1 rings (SSSR count). The first-order chi connectivity index (χ1) is 9.15. The number of anilines is 1. The molecule has 7 nitrogen and oxygen atoms in total. The first-order valence-corrected chi connectivity index (χ1v) is 7.83. The van der Waals surface area contributed by atoms with Crippen LogP contribution in [0, 0.1) is 15.9 Å². The monoisotopic (exact) mass is 369 g/mol. The minimum absolute atomic E-state index is 0.0283.